The summed E-state index contributed by atoms with van der Waals surface area (Å²) in [4.78, 5) is 14.0. The van der Waals surface area contributed by atoms with E-state index < -0.39 is 0 Å². The van der Waals surface area contributed by atoms with E-state index >= 15 is 0 Å². The van der Waals surface area contributed by atoms with Crippen LogP contribution in [0.15, 0.2) is 42.5 Å². The Balaban J connectivity index is 1.44. The Hall–Kier alpha value is -2.05. The molecule has 6 heteroatoms. The summed E-state index contributed by atoms with van der Waals surface area (Å²) in [5, 5.41) is 2.87. The molecule has 3 rings (SSSR count). The fourth-order valence-electron chi connectivity index (χ4n) is 3.00. The monoisotopic (exact) mass is 388 g/mol. The molecule has 2 aromatic carbocycles. The second-order valence-corrected chi connectivity index (χ2v) is 7.57. The number of ether oxygens (including phenoxy) is 1. The lowest BCUT2D eigenvalue weighted by molar-refractivity contribution is -0.118. The highest BCUT2D eigenvalue weighted by molar-refractivity contribution is 7.99. The number of hydrogen-bond donors (Lipinski definition) is 1. The van der Waals surface area contributed by atoms with Crippen molar-refractivity contribution in [2.75, 3.05) is 37.0 Å². The summed E-state index contributed by atoms with van der Waals surface area (Å²) in [6, 6.07) is 13.3. The van der Waals surface area contributed by atoms with Crippen molar-refractivity contribution >= 4 is 23.4 Å². The lowest BCUT2D eigenvalue weighted by atomic mass is 10.1. The third kappa shape index (κ3) is 5.71. The summed E-state index contributed by atoms with van der Waals surface area (Å²) < 4.78 is 19.7. The first kappa shape index (κ1) is 19.7. The zero-order chi connectivity index (χ0) is 19.1. The van der Waals surface area contributed by atoms with Crippen molar-refractivity contribution in [1.29, 1.82) is 0 Å². The van der Waals surface area contributed by atoms with Gasteiger partial charge in [0.2, 0.25) is 5.91 Å². The molecule has 1 aliphatic rings. The molecule has 2 aromatic rings. The largest absolute Gasteiger partial charge is 0.378 e. The molecule has 144 valence electrons. The Morgan fingerprint density at radius 3 is 2.74 bits per heavy atom. The average Bonchev–Trinajstić information content (AvgIpc) is 2.68. The third-order valence-corrected chi connectivity index (χ3v) is 5.59. The summed E-state index contributed by atoms with van der Waals surface area (Å²) in [6.07, 6.45) is 0. The summed E-state index contributed by atoms with van der Waals surface area (Å²) in [5.41, 5.74) is 3.85. The number of carbonyl (C=O) groups excluding carboxylic acids is 1. The molecule has 1 aliphatic heterocycles. The maximum atomic E-state index is 14.4. The molecule has 0 radical (unpaired) electrons. The molecule has 1 N–H and O–H groups in total. The molecule has 1 saturated heterocycles. The number of nitrogens with zero attached hydrogens (tertiary/aromatic N) is 1. The normalized spacial score (nSPS) is 14.2. The number of aryl methyl sites for hydroxylation is 1. The Morgan fingerprint density at radius 1 is 1.22 bits per heavy atom. The Labute approximate surface area is 164 Å². The lowest BCUT2D eigenvalue weighted by Gasteiger charge is -2.29. The minimum atomic E-state index is -0.252. The van der Waals surface area contributed by atoms with Crippen molar-refractivity contribution in [3.05, 3.63) is 65.0 Å². The van der Waals surface area contributed by atoms with Gasteiger partial charge in [0.1, 0.15) is 5.82 Å². The molecule has 0 aliphatic carbocycles. The Bertz CT molecular complexity index is 779. The van der Waals surface area contributed by atoms with Crippen LogP contribution in [0, 0.1) is 12.7 Å². The van der Waals surface area contributed by atoms with Gasteiger partial charge in [-0.2, -0.15) is 0 Å². The van der Waals surface area contributed by atoms with Crippen molar-refractivity contribution in [2.24, 2.45) is 0 Å². The van der Waals surface area contributed by atoms with Gasteiger partial charge in [-0.3, -0.25) is 4.79 Å². The predicted molar refractivity (Wildman–Crippen MR) is 109 cm³/mol. The molecule has 0 aromatic heterocycles. The third-order valence-electron chi connectivity index (χ3n) is 4.61. The van der Waals surface area contributed by atoms with Gasteiger partial charge in [0, 0.05) is 25.4 Å². The standard InChI is InChI=1S/C21H25FN2O2S/c1-16-4-2-3-5-18(16)14-27-15-21(25)23-13-17-6-7-20(19(22)12-17)24-8-10-26-11-9-24/h2-7,12H,8-11,13-15H2,1H3,(H,23,25). The number of halogens is 1. The van der Waals surface area contributed by atoms with Crippen LogP contribution in [-0.2, 0) is 21.8 Å². The van der Waals surface area contributed by atoms with Crippen LogP contribution in [0.1, 0.15) is 16.7 Å². The maximum Gasteiger partial charge on any atom is 0.230 e. The van der Waals surface area contributed by atoms with Gasteiger partial charge in [0.25, 0.3) is 0 Å². The summed E-state index contributed by atoms with van der Waals surface area (Å²) in [5.74, 6) is 0.912. The maximum absolute atomic E-state index is 14.4. The van der Waals surface area contributed by atoms with Crippen LogP contribution in [0.5, 0.6) is 0 Å². The SMILES string of the molecule is Cc1ccccc1CSCC(=O)NCc1ccc(N2CCOCC2)c(F)c1. The number of anilines is 1. The van der Waals surface area contributed by atoms with Crippen molar-refractivity contribution in [1.82, 2.24) is 5.32 Å². The van der Waals surface area contributed by atoms with Gasteiger partial charge in [0.05, 0.1) is 24.7 Å². The van der Waals surface area contributed by atoms with Gasteiger partial charge in [-0.25, -0.2) is 4.39 Å². The van der Waals surface area contributed by atoms with Crippen molar-refractivity contribution < 1.29 is 13.9 Å². The van der Waals surface area contributed by atoms with Crippen molar-refractivity contribution in [3.8, 4) is 0 Å². The average molecular weight is 389 g/mol. The van der Waals surface area contributed by atoms with E-state index in [1.807, 2.05) is 23.1 Å². The van der Waals surface area contributed by atoms with Crippen LogP contribution < -0.4 is 10.2 Å². The van der Waals surface area contributed by atoms with E-state index in [2.05, 4.69) is 24.4 Å². The van der Waals surface area contributed by atoms with Gasteiger partial charge in [0.15, 0.2) is 0 Å². The number of thioether (sulfide) groups is 1. The molecule has 27 heavy (non-hydrogen) atoms. The number of hydrogen-bond acceptors (Lipinski definition) is 4. The fraction of sp³-hybridized carbons (Fsp3) is 0.381. The van der Waals surface area contributed by atoms with E-state index in [0.717, 1.165) is 11.3 Å². The fourth-order valence-corrected chi connectivity index (χ4v) is 3.93. The van der Waals surface area contributed by atoms with Crippen LogP contribution in [0.2, 0.25) is 0 Å². The molecule has 1 heterocycles. The van der Waals surface area contributed by atoms with Gasteiger partial charge in [-0.05, 0) is 35.7 Å². The summed E-state index contributed by atoms with van der Waals surface area (Å²) in [7, 11) is 0. The van der Waals surface area contributed by atoms with Gasteiger partial charge in [-0.15, -0.1) is 11.8 Å². The highest BCUT2D eigenvalue weighted by atomic mass is 32.2. The second kappa shape index (κ2) is 9.76. The quantitative estimate of drug-likeness (QED) is 0.788. The van der Waals surface area contributed by atoms with E-state index in [1.54, 1.807) is 17.8 Å². The van der Waals surface area contributed by atoms with E-state index in [1.165, 1.54) is 17.2 Å². The van der Waals surface area contributed by atoms with Crippen molar-refractivity contribution in [3.63, 3.8) is 0 Å². The molecule has 0 bridgehead atoms. The number of rotatable bonds is 7. The topological polar surface area (TPSA) is 41.6 Å². The van der Waals surface area contributed by atoms with Gasteiger partial charge in [-0.1, -0.05) is 30.3 Å². The lowest BCUT2D eigenvalue weighted by Crippen LogP contribution is -2.36. The second-order valence-electron chi connectivity index (χ2n) is 6.58. The number of benzene rings is 2. The molecule has 0 atom stereocenters. The molecule has 0 saturated carbocycles. The summed E-state index contributed by atoms with van der Waals surface area (Å²) >= 11 is 1.58. The zero-order valence-electron chi connectivity index (χ0n) is 15.5. The van der Waals surface area contributed by atoms with Gasteiger partial charge < -0.3 is 15.0 Å². The number of morpholine rings is 1. The Kier molecular flexibility index (Phi) is 7.12. The van der Waals surface area contributed by atoms with Crippen molar-refractivity contribution in [2.45, 2.75) is 19.2 Å². The first-order chi connectivity index (χ1) is 13.1. The van der Waals surface area contributed by atoms with Crippen LogP contribution in [0.4, 0.5) is 10.1 Å². The molecule has 0 unspecified atom stereocenters. The smallest absolute Gasteiger partial charge is 0.230 e. The first-order valence-electron chi connectivity index (χ1n) is 9.13. The number of nitrogens with one attached hydrogen (secondary N) is 1. The first-order valence-corrected chi connectivity index (χ1v) is 10.3. The van der Waals surface area contributed by atoms with E-state index in [4.69, 9.17) is 4.74 Å². The molecular weight excluding hydrogens is 363 g/mol. The Morgan fingerprint density at radius 2 is 2.00 bits per heavy atom. The number of carbonyl (C=O) groups is 1. The van der Waals surface area contributed by atoms with E-state index in [-0.39, 0.29) is 11.7 Å². The molecule has 4 nitrogen and oxygen atoms in total. The molecule has 1 amide bonds. The highest BCUT2D eigenvalue weighted by Crippen LogP contribution is 2.21. The predicted octanol–water partition coefficient (Wildman–Crippen LogP) is 3.52. The van der Waals surface area contributed by atoms with Crippen LogP contribution in [-0.4, -0.2) is 38.0 Å². The highest BCUT2D eigenvalue weighted by Gasteiger charge is 2.15. The van der Waals surface area contributed by atoms with Crippen LogP contribution >= 0.6 is 11.8 Å². The zero-order valence-corrected chi connectivity index (χ0v) is 16.4. The minimum absolute atomic E-state index is 0.0359. The van der Waals surface area contributed by atoms with Gasteiger partial charge >= 0.3 is 0 Å². The summed E-state index contributed by atoms with van der Waals surface area (Å²) in [6.45, 7) is 5.06. The minimum Gasteiger partial charge on any atom is -0.378 e. The van der Waals surface area contributed by atoms with E-state index in [9.17, 15) is 9.18 Å². The van der Waals surface area contributed by atoms with Crippen LogP contribution in [0.3, 0.4) is 0 Å². The molecular formula is C21H25FN2O2S. The molecule has 1 fully saturated rings. The van der Waals surface area contributed by atoms with E-state index in [0.29, 0.717) is 44.3 Å². The number of amides is 1. The molecule has 0 spiro atoms. The van der Waals surface area contributed by atoms with Crippen LogP contribution in [0.25, 0.3) is 0 Å².